The van der Waals surface area contributed by atoms with Gasteiger partial charge in [0.1, 0.15) is 18.0 Å². The van der Waals surface area contributed by atoms with Crippen molar-refractivity contribution in [2.24, 2.45) is 0 Å². The maximum atomic E-state index is 13.4. The zero-order valence-corrected chi connectivity index (χ0v) is 29.7. The lowest BCUT2D eigenvalue weighted by molar-refractivity contribution is -0.137. The minimum absolute atomic E-state index is 0.00366. The summed E-state index contributed by atoms with van der Waals surface area (Å²) in [5.41, 5.74) is 3.32. The molecule has 0 spiro atoms. The summed E-state index contributed by atoms with van der Waals surface area (Å²) in [6.45, 7) is 4.07. The number of anilines is 1. The molecule has 5 rings (SSSR count). The molecule has 0 saturated carbocycles. The summed E-state index contributed by atoms with van der Waals surface area (Å²) in [4.78, 5) is 51.7. The van der Waals surface area contributed by atoms with Gasteiger partial charge < -0.3 is 24.8 Å². The highest BCUT2D eigenvalue weighted by molar-refractivity contribution is 5.97. The molecule has 0 saturated heterocycles. The minimum atomic E-state index is -1.17. The number of hydrogen-bond acceptors (Lipinski definition) is 9. The van der Waals surface area contributed by atoms with Crippen LogP contribution in [0, 0.1) is 6.92 Å². The van der Waals surface area contributed by atoms with Crippen LogP contribution >= 0.6 is 0 Å². The zero-order chi connectivity index (χ0) is 37.6. The van der Waals surface area contributed by atoms with Crippen LogP contribution in [0.15, 0.2) is 97.1 Å². The molecule has 1 aromatic heterocycles. The molecule has 0 atom stereocenters. The Morgan fingerprint density at radius 3 is 2.06 bits per heavy atom. The van der Waals surface area contributed by atoms with E-state index in [4.69, 9.17) is 9.47 Å². The van der Waals surface area contributed by atoms with Gasteiger partial charge >= 0.3 is 11.9 Å². The molecule has 274 valence electrons. The van der Waals surface area contributed by atoms with Crippen LogP contribution in [0.2, 0.25) is 0 Å². The van der Waals surface area contributed by atoms with Crippen LogP contribution in [0.1, 0.15) is 76.7 Å². The Balaban J connectivity index is 1.11. The molecule has 13 heteroatoms. The summed E-state index contributed by atoms with van der Waals surface area (Å²) >= 11 is 0. The van der Waals surface area contributed by atoms with E-state index < -0.39 is 24.4 Å². The number of carboxylic acids is 1. The summed E-state index contributed by atoms with van der Waals surface area (Å²) in [5, 5.41) is 23.8. The van der Waals surface area contributed by atoms with Gasteiger partial charge in [0, 0.05) is 17.8 Å². The first kappa shape index (κ1) is 37.9. The van der Waals surface area contributed by atoms with E-state index in [1.165, 1.54) is 36.3 Å². The van der Waals surface area contributed by atoms with Crippen LogP contribution in [0.3, 0.4) is 0 Å². The van der Waals surface area contributed by atoms with E-state index in [9.17, 15) is 24.3 Å². The fourth-order valence-corrected chi connectivity index (χ4v) is 5.49. The monoisotopic (exact) mass is 718 g/mol. The van der Waals surface area contributed by atoms with Crippen LogP contribution in [0.25, 0.3) is 5.69 Å². The number of carbonyl (C=O) groups is 4. The number of nitrogens with one attached hydrogen (secondary N) is 1. The number of aryl methyl sites for hydroxylation is 1. The van der Waals surface area contributed by atoms with Crippen molar-refractivity contribution in [2.45, 2.75) is 58.9 Å². The van der Waals surface area contributed by atoms with Crippen LogP contribution < -0.4 is 14.8 Å². The highest BCUT2D eigenvalue weighted by Crippen LogP contribution is 2.20. The largest absolute Gasteiger partial charge is 0.494 e. The molecule has 0 aliphatic rings. The third kappa shape index (κ3) is 11.3. The number of hydrogen-bond donors (Lipinski definition) is 2. The van der Waals surface area contributed by atoms with Gasteiger partial charge in [0.05, 0.1) is 24.3 Å². The van der Waals surface area contributed by atoms with Gasteiger partial charge in [0.15, 0.2) is 5.82 Å². The van der Waals surface area contributed by atoms with Gasteiger partial charge in [-0.05, 0) is 108 Å². The normalized spacial score (nSPS) is 10.8. The second kappa shape index (κ2) is 18.7. The van der Waals surface area contributed by atoms with E-state index in [0.29, 0.717) is 40.7 Å². The van der Waals surface area contributed by atoms with Gasteiger partial charge in [-0.3, -0.25) is 14.4 Å². The molecule has 0 unspecified atom stereocenters. The van der Waals surface area contributed by atoms with Crippen molar-refractivity contribution in [3.63, 3.8) is 0 Å². The van der Waals surface area contributed by atoms with Crippen LogP contribution in [-0.4, -0.2) is 67.1 Å². The Kier molecular flexibility index (Phi) is 13.4. The number of carbonyl (C=O) groups excluding carboxylic acids is 3. The molecule has 0 bridgehead atoms. The number of rotatable bonds is 18. The van der Waals surface area contributed by atoms with E-state index >= 15 is 0 Å². The van der Waals surface area contributed by atoms with Gasteiger partial charge in [-0.15, -0.1) is 5.10 Å². The number of tetrazole rings is 1. The Hall–Kier alpha value is -6.37. The minimum Gasteiger partial charge on any atom is -0.494 e. The topological polar surface area (TPSA) is 166 Å². The first-order chi connectivity index (χ1) is 25.7. The Labute approximate surface area is 307 Å². The predicted molar refractivity (Wildman–Crippen MR) is 197 cm³/mol. The Morgan fingerprint density at radius 1 is 0.774 bits per heavy atom. The number of aromatic nitrogens is 4. The predicted octanol–water partition coefficient (Wildman–Crippen LogP) is 6.45. The number of ether oxygens (including phenoxy) is 2. The van der Waals surface area contributed by atoms with Crippen molar-refractivity contribution in [1.29, 1.82) is 0 Å². The first-order valence-electron chi connectivity index (χ1n) is 17.5. The fraction of sp³-hybridized carbons (Fsp3) is 0.275. The molecule has 5 aromatic rings. The van der Waals surface area contributed by atoms with Crippen molar-refractivity contribution in [2.75, 3.05) is 18.5 Å². The average Bonchev–Trinajstić information content (AvgIpc) is 3.59. The van der Waals surface area contributed by atoms with E-state index in [2.05, 4.69) is 27.8 Å². The van der Waals surface area contributed by atoms with Crippen molar-refractivity contribution in [3.8, 4) is 17.2 Å². The molecule has 0 aliphatic heterocycles. The van der Waals surface area contributed by atoms with Gasteiger partial charge in [-0.25, -0.2) is 4.79 Å². The van der Waals surface area contributed by atoms with Gasteiger partial charge in [0.25, 0.3) is 5.91 Å². The molecule has 0 radical (unpaired) electrons. The third-order valence-electron chi connectivity index (χ3n) is 8.31. The molecule has 13 nitrogen and oxygen atoms in total. The number of benzene rings is 4. The lowest BCUT2D eigenvalue weighted by atomic mass is 10.1. The van der Waals surface area contributed by atoms with Crippen molar-refractivity contribution in [1.82, 2.24) is 25.1 Å². The summed E-state index contributed by atoms with van der Waals surface area (Å²) in [6.07, 6.45) is 5.87. The zero-order valence-electron chi connectivity index (χ0n) is 29.7. The van der Waals surface area contributed by atoms with Gasteiger partial charge in [-0.2, -0.15) is 4.68 Å². The molecule has 0 fully saturated rings. The van der Waals surface area contributed by atoms with Gasteiger partial charge in [-0.1, -0.05) is 56.9 Å². The molecule has 4 aromatic carbocycles. The Bertz CT molecular complexity index is 1980. The van der Waals surface area contributed by atoms with Crippen molar-refractivity contribution < 1.29 is 33.8 Å². The van der Waals surface area contributed by atoms with Gasteiger partial charge in [0.2, 0.25) is 5.91 Å². The molecular formula is C40H42N6O7. The molecule has 2 N–H and O–H groups in total. The number of amides is 2. The Morgan fingerprint density at radius 2 is 1.42 bits per heavy atom. The number of esters is 1. The van der Waals surface area contributed by atoms with E-state index in [1.54, 1.807) is 72.3 Å². The van der Waals surface area contributed by atoms with Crippen LogP contribution in [-0.2, 0) is 22.6 Å². The summed E-state index contributed by atoms with van der Waals surface area (Å²) in [5.74, 6) is -0.807. The lowest BCUT2D eigenvalue weighted by Crippen LogP contribution is -2.35. The maximum Gasteiger partial charge on any atom is 0.343 e. The molecular weight excluding hydrogens is 676 g/mol. The molecule has 1 heterocycles. The lowest BCUT2D eigenvalue weighted by Gasteiger charge is -2.21. The van der Waals surface area contributed by atoms with E-state index in [1.807, 2.05) is 24.3 Å². The SMILES string of the molecule is CCCCCCCOc1ccc(C(=O)Oc2ccc(CN(CC(=O)O)C(=O)c3ccc(NC(=O)Cc4ccc(-n5nnnc5C)cc4)cc3)cc2)cc1. The van der Waals surface area contributed by atoms with Crippen LogP contribution in [0.4, 0.5) is 5.69 Å². The third-order valence-corrected chi connectivity index (χ3v) is 8.31. The van der Waals surface area contributed by atoms with E-state index in [0.717, 1.165) is 24.1 Å². The molecule has 2 amide bonds. The van der Waals surface area contributed by atoms with Crippen molar-refractivity contribution >= 4 is 29.4 Å². The average molecular weight is 719 g/mol. The van der Waals surface area contributed by atoms with E-state index in [-0.39, 0.29) is 24.4 Å². The highest BCUT2D eigenvalue weighted by Gasteiger charge is 2.20. The first-order valence-corrected chi connectivity index (χ1v) is 17.5. The second-order valence-corrected chi connectivity index (χ2v) is 12.5. The van der Waals surface area contributed by atoms with Crippen molar-refractivity contribution in [3.05, 3.63) is 125 Å². The summed E-state index contributed by atoms with van der Waals surface area (Å²) < 4.78 is 12.9. The number of aliphatic carboxylic acids is 1. The summed E-state index contributed by atoms with van der Waals surface area (Å²) in [7, 11) is 0. The standard InChI is InChI=1S/C40H42N6O7/c1-3-4-5-6-7-24-52-35-22-14-32(15-23-35)40(51)53-36-20-10-30(11-21-36)26-45(27-38(48)49)39(50)31-12-16-33(17-13-31)41-37(47)25-29-8-18-34(19-9-29)46-28(2)42-43-44-46/h8-23H,3-7,24-27H2,1-2H3,(H,41,47)(H,48,49). The van der Waals surface area contributed by atoms with Crippen LogP contribution in [0.5, 0.6) is 11.5 Å². The highest BCUT2D eigenvalue weighted by atomic mass is 16.5. The smallest absolute Gasteiger partial charge is 0.343 e. The number of nitrogens with zero attached hydrogens (tertiary/aromatic N) is 5. The fourth-order valence-electron chi connectivity index (χ4n) is 5.49. The molecule has 0 aliphatic carbocycles. The number of unbranched alkanes of at least 4 members (excludes halogenated alkanes) is 4. The molecule has 53 heavy (non-hydrogen) atoms. The maximum absolute atomic E-state index is 13.4. The quantitative estimate of drug-likeness (QED) is 0.0584. The summed E-state index contributed by atoms with van der Waals surface area (Å²) in [6, 6.07) is 26.8. The number of carboxylic acid groups (broad SMARTS) is 1. The second-order valence-electron chi connectivity index (χ2n) is 12.5.